The van der Waals surface area contributed by atoms with Gasteiger partial charge < -0.3 is 10.6 Å². The Kier molecular flexibility index (Phi) is 6.10. The van der Waals surface area contributed by atoms with Crippen molar-refractivity contribution in [2.75, 3.05) is 32.6 Å². The van der Waals surface area contributed by atoms with Crippen molar-refractivity contribution in [3.63, 3.8) is 0 Å². The first-order chi connectivity index (χ1) is 18.0. The van der Waals surface area contributed by atoms with Gasteiger partial charge in [0.2, 0.25) is 0 Å². The highest BCUT2D eigenvalue weighted by molar-refractivity contribution is 5.97. The molecular formula is C30H34N7+. The number of aromatic nitrogens is 4. The van der Waals surface area contributed by atoms with Gasteiger partial charge in [-0.1, -0.05) is 54.6 Å². The van der Waals surface area contributed by atoms with Gasteiger partial charge in [-0.25, -0.2) is 14.8 Å². The average molecular weight is 493 g/mol. The van der Waals surface area contributed by atoms with Crippen LogP contribution in [-0.2, 0) is 5.54 Å². The van der Waals surface area contributed by atoms with Crippen molar-refractivity contribution in [1.82, 2.24) is 19.8 Å². The number of fused-ring (bicyclic) bond motifs is 3. The molecular weight excluding hydrogens is 458 g/mol. The molecule has 188 valence electrons. The fourth-order valence-corrected chi connectivity index (χ4v) is 5.23. The third-order valence-electron chi connectivity index (χ3n) is 7.53. The van der Waals surface area contributed by atoms with Gasteiger partial charge in [0.1, 0.15) is 0 Å². The molecule has 5 aromatic rings. The molecule has 3 N–H and O–H groups in total. The Bertz CT molecular complexity index is 1530. The number of nitrogens with zero attached hydrogens (tertiary/aromatic N) is 5. The van der Waals surface area contributed by atoms with E-state index in [9.17, 15) is 0 Å². The highest BCUT2D eigenvalue weighted by Crippen LogP contribution is 2.40. The van der Waals surface area contributed by atoms with Gasteiger partial charge >= 0.3 is 5.65 Å². The number of hydrogen-bond acceptors (Lipinski definition) is 5. The van der Waals surface area contributed by atoms with Crippen LogP contribution in [-0.4, -0.2) is 47.0 Å². The van der Waals surface area contributed by atoms with Crippen LogP contribution in [0.2, 0.25) is 0 Å². The number of hydrogen-bond donors (Lipinski definition) is 2. The molecule has 2 aromatic carbocycles. The zero-order chi connectivity index (χ0) is 25.4. The molecule has 0 aliphatic heterocycles. The summed E-state index contributed by atoms with van der Waals surface area (Å²) >= 11 is 0. The number of nitrogens with one attached hydrogen (secondary N) is 1. The van der Waals surface area contributed by atoms with Crippen molar-refractivity contribution >= 4 is 16.6 Å². The Morgan fingerprint density at radius 1 is 1.03 bits per heavy atom. The van der Waals surface area contributed by atoms with Gasteiger partial charge in [-0.2, -0.15) is 0 Å². The Hall–Kier alpha value is -3.81. The largest absolute Gasteiger partial charge is 0.321 e. The second-order valence-corrected chi connectivity index (χ2v) is 10.4. The first kappa shape index (κ1) is 23.6. The first-order valence-electron chi connectivity index (χ1n) is 13.1. The SMILES string of the molecule is CN(C)CCCNn1nc[n+]2ccc3nc(-c4ccc(C5(N)CCC5)cc4)c(-c4ccccc4)cc3c12. The van der Waals surface area contributed by atoms with Crippen LogP contribution in [0.5, 0.6) is 0 Å². The molecule has 1 aliphatic carbocycles. The van der Waals surface area contributed by atoms with Crippen molar-refractivity contribution in [3.05, 3.63) is 84.8 Å². The van der Waals surface area contributed by atoms with E-state index in [1.807, 2.05) is 27.8 Å². The second-order valence-electron chi connectivity index (χ2n) is 10.4. The minimum atomic E-state index is -0.168. The molecule has 6 rings (SSSR count). The molecule has 7 heteroatoms. The molecule has 3 heterocycles. The lowest BCUT2D eigenvalue weighted by atomic mass is 9.72. The minimum absolute atomic E-state index is 0.168. The number of pyridine rings is 2. The fraction of sp³-hybridized carbons (Fsp3) is 0.300. The smallest absolute Gasteiger partial charge is 0.300 e. The average Bonchev–Trinajstić information content (AvgIpc) is 3.33. The highest BCUT2D eigenvalue weighted by Gasteiger charge is 2.34. The van der Waals surface area contributed by atoms with E-state index in [0.29, 0.717) is 0 Å². The van der Waals surface area contributed by atoms with Gasteiger partial charge in [-0.15, -0.1) is 0 Å². The van der Waals surface area contributed by atoms with Crippen LogP contribution in [0.1, 0.15) is 31.2 Å². The topological polar surface area (TPSA) is 76.1 Å². The summed E-state index contributed by atoms with van der Waals surface area (Å²) in [4.78, 5) is 9.29. The molecule has 0 saturated heterocycles. The third kappa shape index (κ3) is 4.45. The van der Waals surface area contributed by atoms with Crippen molar-refractivity contribution in [2.45, 2.75) is 31.2 Å². The Morgan fingerprint density at radius 2 is 1.81 bits per heavy atom. The maximum atomic E-state index is 6.59. The van der Waals surface area contributed by atoms with Gasteiger partial charge in [0, 0.05) is 23.2 Å². The zero-order valence-corrected chi connectivity index (χ0v) is 21.6. The van der Waals surface area contributed by atoms with Crippen LogP contribution in [0.15, 0.2) is 79.3 Å². The van der Waals surface area contributed by atoms with E-state index >= 15 is 0 Å². The summed E-state index contributed by atoms with van der Waals surface area (Å²) in [6.45, 7) is 1.85. The highest BCUT2D eigenvalue weighted by atomic mass is 15.6. The molecule has 1 aliphatic rings. The molecule has 0 bridgehead atoms. The molecule has 0 radical (unpaired) electrons. The number of rotatable bonds is 8. The van der Waals surface area contributed by atoms with E-state index in [4.69, 9.17) is 10.7 Å². The quantitative estimate of drug-likeness (QED) is 0.249. The maximum absolute atomic E-state index is 6.59. The van der Waals surface area contributed by atoms with Crippen LogP contribution < -0.4 is 15.6 Å². The summed E-state index contributed by atoms with van der Waals surface area (Å²) < 4.78 is 2.05. The summed E-state index contributed by atoms with van der Waals surface area (Å²) in [5.74, 6) is 0. The van der Waals surface area contributed by atoms with Crippen molar-refractivity contribution in [3.8, 4) is 22.4 Å². The van der Waals surface area contributed by atoms with E-state index in [1.165, 1.54) is 12.0 Å². The Morgan fingerprint density at radius 3 is 2.51 bits per heavy atom. The first-order valence-corrected chi connectivity index (χ1v) is 13.1. The summed E-state index contributed by atoms with van der Waals surface area (Å²) in [5, 5.41) is 5.66. The summed E-state index contributed by atoms with van der Waals surface area (Å²) in [6.07, 6.45) is 8.21. The van der Waals surface area contributed by atoms with E-state index < -0.39 is 0 Å². The molecule has 0 atom stereocenters. The summed E-state index contributed by atoms with van der Waals surface area (Å²) in [6, 6.07) is 23.5. The van der Waals surface area contributed by atoms with Gasteiger partial charge in [-0.3, -0.25) is 0 Å². The van der Waals surface area contributed by atoms with Gasteiger partial charge in [0.25, 0.3) is 6.33 Å². The number of nitrogens with two attached hydrogens (primary N) is 1. The van der Waals surface area contributed by atoms with E-state index in [1.54, 1.807) is 0 Å². The predicted molar refractivity (Wildman–Crippen MR) is 149 cm³/mol. The molecule has 0 unspecified atom stereocenters. The van der Waals surface area contributed by atoms with Crippen LogP contribution in [0.25, 0.3) is 38.9 Å². The zero-order valence-electron chi connectivity index (χ0n) is 21.6. The summed E-state index contributed by atoms with van der Waals surface area (Å²) in [5.41, 5.74) is 17.3. The fourth-order valence-electron chi connectivity index (χ4n) is 5.23. The number of benzene rings is 2. The predicted octanol–water partition coefficient (Wildman–Crippen LogP) is 4.34. The standard InChI is InChI=1S/C30H34N7/c1-35(2)18-7-17-32-37-29-26-20-25(22-8-4-3-5-9-22)28(34-27(26)14-19-36(29)21-33-37)23-10-12-24(13-11-23)30(31)15-6-16-30/h3-5,8-14,19-21,32H,6-7,15-18,31H2,1-2H3/q+1. The van der Waals surface area contributed by atoms with E-state index in [2.05, 4.69) is 90.2 Å². The van der Waals surface area contributed by atoms with Crippen molar-refractivity contribution in [1.29, 1.82) is 0 Å². The van der Waals surface area contributed by atoms with E-state index in [0.717, 1.165) is 71.3 Å². The van der Waals surface area contributed by atoms with Gasteiger partial charge in [0.15, 0.2) is 0 Å². The Labute approximate surface area is 217 Å². The third-order valence-corrected chi connectivity index (χ3v) is 7.53. The molecule has 0 amide bonds. The lowest BCUT2D eigenvalue weighted by Gasteiger charge is -2.38. The van der Waals surface area contributed by atoms with Crippen LogP contribution in [0.3, 0.4) is 0 Å². The minimum Gasteiger partial charge on any atom is -0.321 e. The molecule has 0 spiro atoms. The molecule has 1 saturated carbocycles. The van der Waals surface area contributed by atoms with Crippen LogP contribution in [0, 0.1) is 0 Å². The van der Waals surface area contributed by atoms with Gasteiger partial charge in [-0.05, 0) is 74.4 Å². The maximum Gasteiger partial charge on any atom is 0.300 e. The Balaban J connectivity index is 1.46. The molecule has 3 aromatic heterocycles. The molecule has 1 fully saturated rings. The van der Waals surface area contributed by atoms with Crippen molar-refractivity contribution < 1.29 is 4.40 Å². The normalized spacial score (nSPS) is 14.8. The van der Waals surface area contributed by atoms with E-state index in [-0.39, 0.29) is 5.54 Å². The molecule has 7 nitrogen and oxygen atoms in total. The lowest BCUT2D eigenvalue weighted by Crippen LogP contribution is -2.43. The molecule has 37 heavy (non-hydrogen) atoms. The van der Waals surface area contributed by atoms with Crippen molar-refractivity contribution in [2.24, 2.45) is 5.73 Å². The summed E-state index contributed by atoms with van der Waals surface area (Å²) in [7, 11) is 4.19. The second kappa shape index (κ2) is 9.57. The van der Waals surface area contributed by atoms with Crippen LogP contribution >= 0.6 is 0 Å². The van der Waals surface area contributed by atoms with Crippen LogP contribution in [0.4, 0.5) is 0 Å². The lowest BCUT2D eigenvalue weighted by molar-refractivity contribution is -0.511. The van der Waals surface area contributed by atoms with Gasteiger partial charge in [0.05, 0.1) is 27.9 Å². The monoisotopic (exact) mass is 492 g/mol.